The van der Waals surface area contributed by atoms with Crippen molar-refractivity contribution in [2.45, 2.75) is 37.6 Å². The fraction of sp³-hybridized carbons (Fsp3) is 0.412. The predicted molar refractivity (Wildman–Crippen MR) is 94.8 cm³/mol. The number of nitrogens with zero attached hydrogens (tertiary/aromatic N) is 5. The molecule has 3 aromatic heterocycles. The number of carbonyl (C=O) groups is 1. The van der Waals surface area contributed by atoms with Gasteiger partial charge in [-0.15, -0.1) is 0 Å². The van der Waals surface area contributed by atoms with E-state index in [0.717, 1.165) is 12.1 Å². The number of aromatic amines is 1. The van der Waals surface area contributed by atoms with E-state index in [4.69, 9.17) is 0 Å². The van der Waals surface area contributed by atoms with E-state index in [-0.39, 0.29) is 0 Å². The summed E-state index contributed by atoms with van der Waals surface area (Å²) >= 11 is 0. The summed E-state index contributed by atoms with van der Waals surface area (Å²) in [6, 6.07) is 5.19. The molecule has 5 rings (SSSR count). The van der Waals surface area contributed by atoms with Crippen molar-refractivity contribution in [1.29, 1.82) is 0 Å². The molecule has 9 heteroatoms. The highest BCUT2D eigenvalue weighted by Crippen LogP contribution is 2.39. The molecule has 0 bridgehead atoms. The molecular weight excluding hydrogens is 334 g/mol. The van der Waals surface area contributed by atoms with Crippen LogP contribution in [0.3, 0.4) is 0 Å². The number of H-pyrrole nitrogens is 1. The molecule has 0 amide bonds. The summed E-state index contributed by atoms with van der Waals surface area (Å²) in [6.07, 6.45) is 5.70. The van der Waals surface area contributed by atoms with Crippen molar-refractivity contribution < 1.29 is 9.90 Å². The first kappa shape index (κ1) is 15.2. The maximum atomic E-state index is 11.5. The van der Waals surface area contributed by atoms with Crippen LogP contribution in [0.1, 0.15) is 37.3 Å². The van der Waals surface area contributed by atoms with Gasteiger partial charge in [0.05, 0.1) is 0 Å². The van der Waals surface area contributed by atoms with Gasteiger partial charge in [-0.3, -0.25) is 9.50 Å². The van der Waals surface area contributed by atoms with E-state index in [1.165, 1.54) is 12.8 Å². The average molecular weight is 353 g/mol. The van der Waals surface area contributed by atoms with Crippen LogP contribution < -0.4 is 10.2 Å². The smallest absolute Gasteiger partial charge is 0.326 e. The highest BCUT2D eigenvalue weighted by Gasteiger charge is 2.33. The molecule has 1 saturated heterocycles. The molecule has 134 valence electrons. The Bertz CT molecular complexity index is 975. The lowest BCUT2D eigenvalue weighted by Crippen LogP contribution is -2.37. The third-order valence-electron chi connectivity index (χ3n) is 5.03. The largest absolute Gasteiger partial charge is 0.480 e. The zero-order valence-electron chi connectivity index (χ0n) is 14.1. The van der Waals surface area contributed by atoms with Gasteiger partial charge in [0.2, 0.25) is 11.9 Å². The fourth-order valence-corrected chi connectivity index (χ4v) is 3.52. The van der Waals surface area contributed by atoms with Gasteiger partial charge in [-0.1, -0.05) is 0 Å². The van der Waals surface area contributed by atoms with Crippen molar-refractivity contribution in [3.8, 4) is 0 Å². The minimum absolute atomic E-state index is 0.432. The normalized spacial score (nSPS) is 20.0. The lowest BCUT2D eigenvalue weighted by Gasteiger charge is -2.22. The number of aromatic nitrogens is 5. The molecule has 2 fully saturated rings. The van der Waals surface area contributed by atoms with E-state index in [9.17, 15) is 9.90 Å². The Morgan fingerprint density at radius 1 is 1.31 bits per heavy atom. The van der Waals surface area contributed by atoms with Crippen LogP contribution in [0.25, 0.3) is 5.65 Å². The lowest BCUT2D eigenvalue weighted by molar-refractivity contribution is -0.138. The number of rotatable bonds is 5. The Labute approximate surface area is 149 Å². The lowest BCUT2D eigenvalue weighted by atomic mass is 10.2. The Kier molecular flexibility index (Phi) is 3.34. The van der Waals surface area contributed by atoms with Crippen LogP contribution in [0.2, 0.25) is 0 Å². The van der Waals surface area contributed by atoms with Crippen LogP contribution >= 0.6 is 0 Å². The van der Waals surface area contributed by atoms with Gasteiger partial charge in [0.15, 0.2) is 5.82 Å². The third-order valence-corrected chi connectivity index (χ3v) is 5.03. The molecule has 0 unspecified atom stereocenters. The average Bonchev–Trinajstić information content (AvgIpc) is 3.06. The number of hydrogen-bond donors (Lipinski definition) is 3. The second-order valence-electron chi connectivity index (χ2n) is 6.88. The third kappa shape index (κ3) is 2.56. The molecule has 0 spiro atoms. The summed E-state index contributed by atoms with van der Waals surface area (Å²) < 4.78 is 1.83. The fourth-order valence-electron chi connectivity index (χ4n) is 3.52. The number of aliphatic carboxylic acids is 1. The van der Waals surface area contributed by atoms with Gasteiger partial charge in [-0.2, -0.15) is 15.1 Å². The number of carboxylic acid groups (broad SMARTS) is 1. The first-order chi connectivity index (χ1) is 12.7. The van der Waals surface area contributed by atoms with Gasteiger partial charge in [-0.05, 0) is 37.8 Å². The molecule has 26 heavy (non-hydrogen) atoms. The van der Waals surface area contributed by atoms with E-state index >= 15 is 0 Å². The monoisotopic (exact) mass is 353 g/mol. The second-order valence-corrected chi connectivity index (χ2v) is 6.88. The molecule has 0 radical (unpaired) electrons. The Hall–Kier alpha value is -3.10. The van der Waals surface area contributed by atoms with E-state index in [0.29, 0.717) is 42.2 Å². The minimum Gasteiger partial charge on any atom is -0.480 e. The number of carboxylic acids is 1. The summed E-state index contributed by atoms with van der Waals surface area (Å²) in [5, 5.41) is 20.1. The zero-order chi connectivity index (χ0) is 17.7. The number of anilines is 3. The van der Waals surface area contributed by atoms with Crippen molar-refractivity contribution in [3.05, 3.63) is 30.1 Å². The van der Waals surface area contributed by atoms with Crippen LogP contribution in [-0.4, -0.2) is 48.2 Å². The standard InChI is InChI=1S/C17H19N7O2/c25-15(26)12-3-1-7-23(12)17-19-14-4-2-8-24(14)16(20-17)18-13-9-11(21-22-13)10-5-6-10/h2,4,8-10,12H,1,3,5-7H2,(H,25,26)(H2,18,19,20,21,22)/t12-/m0/s1. The zero-order valence-corrected chi connectivity index (χ0v) is 14.1. The van der Waals surface area contributed by atoms with Crippen LogP contribution in [0.4, 0.5) is 17.7 Å². The van der Waals surface area contributed by atoms with Crippen molar-refractivity contribution in [2.75, 3.05) is 16.8 Å². The van der Waals surface area contributed by atoms with Gasteiger partial charge >= 0.3 is 5.97 Å². The van der Waals surface area contributed by atoms with Crippen molar-refractivity contribution in [2.24, 2.45) is 0 Å². The molecular formula is C17H19N7O2. The van der Waals surface area contributed by atoms with Gasteiger partial charge in [-0.25, -0.2) is 4.79 Å². The van der Waals surface area contributed by atoms with Gasteiger partial charge < -0.3 is 15.3 Å². The number of nitrogens with one attached hydrogen (secondary N) is 2. The molecule has 9 nitrogen and oxygen atoms in total. The Balaban J connectivity index is 1.51. The maximum absolute atomic E-state index is 11.5. The molecule has 1 atom stereocenters. The molecule has 0 aromatic carbocycles. The van der Waals surface area contributed by atoms with Crippen LogP contribution in [0.15, 0.2) is 24.4 Å². The second kappa shape index (κ2) is 5.72. The van der Waals surface area contributed by atoms with Gasteiger partial charge in [0.25, 0.3) is 0 Å². The molecule has 3 aromatic rings. The summed E-state index contributed by atoms with van der Waals surface area (Å²) in [6.45, 7) is 0.640. The Morgan fingerprint density at radius 2 is 2.19 bits per heavy atom. The van der Waals surface area contributed by atoms with Crippen LogP contribution in [0.5, 0.6) is 0 Å². The SMILES string of the molecule is O=C(O)[C@@H]1CCCN1c1nc(Nc2cc(C3CC3)[nH]n2)n2cccc2n1. The first-order valence-electron chi connectivity index (χ1n) is 8.86. The summed E-state index contributed by atoms with van der Waals surface area (Å²) in [7, 11) is 0. The number of fused-ring (bicyclic) bond motifs is 1. The summed E-state index contributed by atoms with van der Waals surface area (Å²) in [5.41, 5.74) is 1.85. The van der Waals surface area contributed by atoms with E-state index < -0.39 is 12.0 Å². The number of hydrogen-bond acceptors (Lipinski definition) is 6. The molecule has 1 aliphatic heterocycles. The summed E-state index contributed by atoms with van der Waals surface area (Å²) in [5.74, 6) is 1.45. The van der Waals surface area contributed by atoms with E-state index in [1.54, 1.807) is 4.90 Å². The van der Waals surface area contributed by atoms with Gasteiger partial charge in [0.1, 0.15) is 11.7 Å². The van der Waals surface area contributed by atoms with Crippen molar-refractivity contribution in [1.82, 2.24) is 24.6 Å². The van der Waals surface area contributed by atoms with E-state index in [2.05, 4.69) is 25.5 Å². The predicted octanol–water partition coefficient (Wildman–Crippen LogP) is 2.13. The van der Waals surface area contributed by atoms with Crippen LogP contribution in [-0.2, 0) is 4.79 Å². The molecule has 1 aliphatic carbocycles. The molecule has 2 aliphatic rings. The minimum atomic E-state index is -0.836. The Morgan fingerprint density at radius 3 is 3.00 bits per heavy atom. The highest BCUT2D eigenvalue weighted by molar-refractivity contribution is 5.78. The van der Waals surface area contributed by atoms with Crippen molar-refractivity contribution >= 4 is 29.3 Å². The topological polar surface area (TPSA) is 111 Å². The molecule has 3 N–H and O–H groups in total. The quantitative estimate of drug-likeness (QED) is 0.644. The van der Waals surface area contributed by atoms with Crippen molar-refractivity contribution in [3.63, 3.8) is 0 Å². The maximum Gasteiger partial charge on any atom is 0.326 e. The molecule has 4 heterocycles. The van der Waals surface area contributed by atoms with Gasteiger partial charge in [0, 0.05) is 30.4 Å². The first-order valence-corrected chi connectivity index (χ1v) is 8.86. The summed E-state index contributed by atoms with van der Waals surface area (Å²) in [4.78, 5) is 22.4. The van der Waals surface area contributed by atoms with Crippen LogP contribution in [0, 0.1) is 0 Å². The highest BCUT2D eigenvalue weighted by atomic mass is 16.4. The van der Waals surface area contributed by atoms with E-state index in [1.807, 2.05) is 28.8 Å². The molecule has 1 saturated carbocycles.